The quantitative estimate of drug-likeness (QED) is 0.713. The summed E-state index contributed by atoms with van der Waals surface area (Å²) in [4.78, 5) is 44.8. The molecule has 2 atom stereocenters. The predicted molar refractivity (Wildman–Crippen MR) is 113 cm³/mol. The van der Waals surface area contributed by atoms with Gasteiger partial charge in [0, 0.05) is 45.6 Å². The van der Waals surface area contributed by atoms with E-state index in [1.54, 1.807) is 4.90 Å². The lowest BCUT2D eigenvalue weighted by Crippen LogP contribution is -2.40. The molecule has 0 spiro atoms. The molecular weight excluding hydrogens is 394 g/mol. The van der Waals surface area contributed by atoms with Gasteiger partial charge in [-0.05, 0) is 28.5 Å². The lowest BCUT2D eigenvalue weighted by molar-refractivity contribution is -0.173. The van der Waals surface area contributed by atoms with Crippen LogP contribution in [-0.4, -0.2) is 58.9 Å². The molecule has 2 unspecified atom stereocenters. The molecule has 3 fully saturated rings. The lowest BCUT2D eigenvalue weighted by atomic mass is 10.0. The summed E-state index contributed by atoms with van der Waals surface area (Å²) < 4.78 is 0. The van der Waals surface area contributed by atoms with E-state index in [0.717, 1.165) is 19.6 Å². The van der Waals surface area contributed by atoms with E-state index in [1.165, 1.54) is 16.7 Å². The first-order valence-corrected chi connectivity index (χ1v) is 10.8. The van der Waals surface area contributed by atoms with Crippen molar-refractivity contribution in [1.29, 1.82) is 0 Å². The second-order valence-corrected chi connectivity index (χ2v) is 8.62. The molecule has 0 saturated carbocycles. The molecule has 3 aliphatic heterocycles. The van der Waals surface area contributed by atoms with Crippen LogP contribution >= 0.6 is 0 Å². The predicted octanol–water partition coefficient (Wildman–Crippen LogP) is 2.92. The normalized spacial score (nSPS) is 23.5. The first kappa shape index (κ1) is 19.8. The number of hydrogen-bond donors (Lipinski definition) is 0. The first-order valence-electron chi connectivity index (χ1n) is 10.8. The summed E-state index contributed by atoms with van der Waals surface area (Å²) in [5, 5.41) is 0.627. The van der Waals surface area contributed by atoms with Crippen molar-refractivity contribution in [3.8, 4) is 11.1 Å². The summed E-state index contributed by atoms with van der Waals surface area (Å²) in [5.74, 6) is -0.105. The summed E-state index contributed by atoms with van der Waals surface area (Å²) in [6.45, 7) is 3.95. The Morgan fingerprint density at radius 3 is 2.00 bits per heavy atom. The maximum absolute atomic E-state index is 12.4. The average Bonchev–Trinajstić information content (AvgIpc) is 3.44. The van der Waals surface area contributed by atoms with Gasteiger partial charge in [-0.3, -0.25) is 14.5 Å². The number of carbonyl (C=O) groups excluding carboxylic acids is 3. The van der Waals surface area contributed by atoms with Crippen LogP contribution in [0.1, 0.15) is 18.4 Å². The molecule has 3 saturated heterocycles. The standard InChI is InChI=1S/C24H25N3O4/c28-22-10-11-23(29)27(22)31-24(30)26-15-20-13-25(14-21(20)16-26)12-17-6-8-19(9-7-17)18-4-2-1-3-5-18/h1-9,20-21H,10-16H2. The molecule has 0 N–H and O–H groups in total. The van der Waals surface area contributed by atoms with Crippen LogP contribution < -0.4 is 0 Å². The van der Waals surface area contributed by atoms with Gasteiger partial charge in [0.1, 0.15) is 0 Å². The molecule has 2 aromatic carbocycles. The number of nitrogens with zero attached hydrogens (tertiary/aromatic N) is 3. The van der Waals surface area contributed by atoms with E-state index in [-0.39, 0.29) is 12.8 Å². The zero-order chi connectivity index (χ0) is 21.4. The number of hydrogen-bond acceptors (Lipinski definition) is 5. The van der Waals surface area contributed by atoms with Gasteiger partial charge in [0.15, 0.2) is 0 Å². The van der Waals surface area contributed by atoms with Crippen LogP contribution in [0.2, 0.25) is 0 Å². The average molecular weight is 419 g/mol. The SMILES string of the molecule is O=C(ON1C(=O)CCC1=O)N1CC2CN(Cc3ccc(-c4ccccc4)cc3)CC2C1. The molecule has 0 bridgehead atoms. The van der Waals surface area contributed by atoms with Gasteiger partial charge in [0.05, 0.1) is 0 Å². The Labute approximate surface area is 181 Å². The summed E-state index contributed by atoms with van der Waals surface area (Å²) in [6.07, 6.45) is -0.377. The minimum atomic E-state index is -0.596. The van der Waals surface area contributed by atoms with E-state index < -0.39 is 17.9 Å². The molecular formula is C24H25N3O4. The van der Waals surface area contributed by atoms with E-state index in [4.69, 9.17) is 4.84 Å². The van der Waals surface area contributed by atoms with E-state index in [2.05, 4.69) is 41.3 Å². The molecule has 160 valence electrons. The third-order valence-corrected chi connectivity index (χ3v) is 6.46. The molecule has 7 heteroatoms. The van der Waals surface area contributed by atoms with Crippen molar-refractivity contribution in [2.75, 3.05) is 26.2 Å². The van der Waals surface area contributed by atoms with Gasteiger partial charge in [-0.15, -0.1) is 5.06 Å². The van der Waals surface area contributed by atoms with Crippen LogP contribution in [-0.2, 0) is 21.0 Å². The summed E-state index contributed by atoms with van der Waals surface area (Å²) in [6, 6.07) is 19.0. The topological polar surface area (TPSA) is 70.2 Å². The fourth-order valence-electron chi connectivity index (χ4n) is 4.85. The lowest BCUT2D eigenvalue weighted by Gasteiger charge is -2.22. The first-order chi connectivity index (χ1) is 15.1. The molecule has 0 radical (unpaired) electrons. The summed E-state index contributed by atoms with van der Waals surface area (Å²) in [5.41, 5.74) is 3.71. The van der Waals surface area contributed by atoms with Gasteiger partial charge in [-0.25, -0.2) is 4.79 Å². The number of imide groups is 1. The van der Waals surface area contributed by atoms with E-state index >= 15 is 0 Å². The van der Waals surface area contributed by atoms with Gasteiger partial charge in [0.25, 0.3) is 11.8 Å². The van der Waals surface area contributed by atoms with Crippen LogP contribution in [0, 0.1) is 11.8 Å². The van der Waals surface area contributed by atoms with Crippen LogP contribution in [0.25, 0.3) is 11.1 Å². The molecule has 2 aromatic rings. The molecule has 5 rings (SSSR count). The molecule has 3 aliphatic rings. The number of likely N-dealkylation sites (tertiary alicyclic amines) is 2. The van der Waals surface area contributed by atoms with Crippen LogP contribution in [0.3, 0.4) is 0 Å². The van der Waals surface area contributed by atoms with Crippen molar-refractivity contribution >= 4 is 17.9 Å². The van der Waals surface area contributed by atoms with Crippen molar-refractivity contribution in [3.05, 3.63) is 60.2 Å². The Morgan fingerprint density at radius 2 is 1.39 bits per heavy atom. The highest BCUT2D eigenvalue weighted by atomic mass is 16.7. The number of rotatable bonds is 4. The van der Waals surface area contributed by atoms with Gasteiger partial charge in [-0.2, -0.15) is 0 Å². The highest BCUT2D eigenvalue weighted by molar-refractivity contribution is 6.01. The molecule has 3 amide bonds. The summed E-state index contributed by atoms with van der Waals surface area (Å²) >= 11 is 0. The Bertz CT molecular complexity index is 962. The van der Waals surface area contributed by atoms with E-state index in [9.17, 15) is 14.4 Å². The molecule has 0 aromatic heterocycles. The second-order valence-electron chi connectivity index (χ2n) is 8.62. The largest absolute Gasteiger partial charge is 0.434 e. The highest BCUT2D eigenvalue weighted by Gasteiger charge is 2.43. The van der Waals surface area contributed by atoms with Gasteiger partial charge >= 0.3 is 6.09 Å². The maximum atomic E-state index is 12.4. The highest BCUT2D eigenvalue weighted by Crippen LogP contribution is 2.32. The fourth-order valence-corrected chi connectivity index (χ4v) is 4.85. The third kappa shape index (κ3) is 4.05. The molecule has 0 aliphatic carbocycles. The number of carbonyl (C=O) groups is 3. The van der Waals surface area contributed by atoms with Gasteiger partial charge < -0.3 is 9.74 Å². The number of fused-ring (bicyclic) bond motifs is 1. The van der Waals surface area contributed by atoms with Crippen LogP contribution in [0.15, 0.2) is 54.6 Å². The number of hydroxylamine groups is 2. The van der Waals surface area contributed by atoms with Crippen molar-refractivity contribution < 1.29 is 19.2 Å². The minimum Gasteiger partial charge on any atom is -0.311 e. The van der Waals surface area contributed by atoms with Crippen molar-refractivity contribution in [1.82, 2.24) is 14.9 Å². The molecule has 31 heavy (non-hydrogen) atoms. The molecule has 7 nitrogen and oxygen atoms in total. The second kappa shape index (κ2) is 8.15. The Balaban J connectivity index is 1.13. The van der Waals surface area contributed by atoms with Crippen LogP contribution in [0.4, 0.5) is 4.79 Å². The zero-order valence-corrected chi connectivity index (χ0v) is 17.3. The van der Waals surface area contributed by atoms with Gasteiger partial charge in [-0.1, -0.05) is 54.6 Å². The van der Waals surface area contributed by atoms with E-state index in [0.29, 0.717) is 30.0 Å². The van der Waals surface area contributed by atoms with E-state index in [1.807, 2.05) is 18.2 Å². The van der Waals surface area contributed by atoms with Crippen molar-refractivity contribution in [2.24, 2.45) is 11.8 Å². The van der Waals surface area contributed by atoms with Crippen LogP contribution in [0.5, 0.6) is 0 Å². The maximum Gasteiger partial charge on any atom is 0.434 e. The minimum absolute atomic E-state index is 0.110. The Morgan fingerprint density at radius 1 is 0.806 bits per heavy atom. The monoisotopic (exact) mass is 419 g/mol. The van der Waals surface area contributed by atoms with Gasteiger partial charge in [0.2, 0.25) is 0 Å². The number of benzene rings is 2. The summed E-state index contributed by atoms with van der Waals surface area (Å²) in [7, 11) is 0. The number of amides is 3. The smallest absolute Gasteiger partial charge is 0.311 e. The van der Waals surface area contributed by atoms with Crippen molar-refractivity contribution in [3.63, 3.8) is 0 Å². The third-order valence-electron chi connectivity index (χ3n) is 6.46. The Kier molecular flexibility index (Phi) is 5.19. The van der Waals surface area contributed by atoms with Crippen molar-refractivity contribution in [2.45, 2.75) is 19.4 Å². The Hall–Kier alpha value is -3.19. The fraction of sp³-hybridized carbons (Fsp3) is 0.375. The zero-order valence-electron chi connectivity index (χ0n) is 17.3. The molecule has 3 heterocycles.